The van der Waals surface area contributed by atoms with Gasteiger partial charge in [0.15, 0.2) is 0 Å². The molecule has 0 saturated carbocycles. The molecule has 2 aliphatic heterocycles. The van der Waals surface area contributed by atoms with Gasteiger partial charge >= 0.3 is 0 Å². The molecular weight excluding hydrogens is 444 g/mol. The summed E-state index contributed by atoms with van der Waals surface area (Å²) in [7, 11) is 0. The summed E-state index contributed by atoms with van der Waals surface area (Å²) in [6.45, 7) is 0.774. The first-order chi connectivity index (χ1) is 17.7. The number of nitrogens with zero attached hydrogens (tertiary/aromatic N) is 2. The zero-order valence-electron chi connectivity index (χ0n) is 19.7. The van der Waals surface area contributed by atoms with Gasteiger partial charge in [0.05, 0.1) is 11.4 Å². The molecule has 0 bridgehead atoms. The third-order valence-electron chi connectivity index (χ3n) is 6.69. The fourth-order valence-electron chi connectivity index (χ4n) is 4.96. The van der Waals surface area contributed by atoms with Crippen LogP contribution in [0.4, 0.5) is 0 Å². The minimum atomic E-state index is -0.0365. The summed E-state index contributed by atoms with van der Waals surface area (Å²) in [5, 5.41) is 0. The summed E-state index contributed by atoms with van der Waals surface area (Å²) in [6.07, 6.45) is 4.09. The zero-order valence-corrected chi connectivity index (χ0v) is 19.7. The van der Waals surface area contributed by atoms with E-state index in [9.17, 15) is 9.59 Å². The smallest absolute Gasteiger partial charge is 0.259 e. The Hall–Kier alpha value is -4.70. The summed E-state index contributed by atoms with van der Waals surface area (Å²) in [5.74, 6) is -0.0731. The highest BCUT2D eigenvalue weighted by atomic mass is 16.2. The van der Waals surface area contributed by atoms with E-state index >= 15 is 0 Å². The van der Waals surface area contributed by atoms with E-state index in [0.717, 1.165) is 33.6 Å². The van der Waals surface area contributed by atoms with Crippen molar-refractivity contribution in [2.45, 2.75) is 0 Å². The topological polar surface area (TPSA) is 40.6 Å². The Balaban J connectivity index is 1.35. The fourth-order valence-corrected chi connectivity index (χ4v) is 4.96. The maximum atomic E-state index is 13.4. The van der Waals surface area contributed by atoms with Crippen molar-refractivity contribution in [2.75, 3.05) is 13.1 Å². The van der Waals surface area contributed by atoms with E-state index in [1.165, 1.54) is 0 Å². The average molecular weight is 469 g/mol. The van der Waals surface area contributed by atoms with Crippen LogP contribution >= 0.6 is 0 Å². The van der Waals surface area contributed by atoms with Crippen molar-refractivity contribution in [1.29, 1.82) is 0 Å². The van der Waals surface area contributed by atoms with Crippen LogP contribution in [0.1, 0.15) is 43.0 Å². The molecule has 36 heavy (non-hydrogen) atoms. The number of rotatable bonds is 5. The van der Waals surface area contributed by atoms with E-state index in [1.807, 2.05) is 121 Å². The Morgan fingerprint density at radius 1 is 0.444 bits per heavy atom. The van der Waals surface area contributed by atoms with Crippen LogP contribution in [0.25, 0.3) is 23.5 Å². The van der Waals surface area contributed by atoms with Crippen LogP contribution in [-0.2, 0) is 0 Å². The number of hydrogen-bond donors (Lipinski definition) is 0. The number of carbonyl (C=O) groups is 2. The molecule has 2 heterocycles. The van der Waals surface area contributed by atoms with Crippen molar-refractivity contribution in [1.82, 2.24) is 9.80 Å². The Bertz CT molecular complexity index is 1400. The van der Waals surface area contributed by atoms with Gasteiger partial charge in [0.25, 0.3) is 11.8 Å². The highest BCUT2D eigenvalue weighted by Crippen LogP contribution is 2.37. The summed E-state index contributed by atoms with van der Waals surface area (Å²) < 4.78 is 0. The average Bonchev–Trinajstić information content (AvgIpc) is 3.34. The SMILES string of the molecule is O=C1c2ccccc2/C(=C\c2ccccc2)N1CCN1C(=O)c2ccccc2/C1=C\c1ccccc1. The number of hydrogen-bond acceptors (Lipinski definition) is 2. The first-order valence-corrected chi connectivity index (χ1v) is 12.1. The van der Waals surface area contributed by atoms with Gasteiger partial charge in [-0.25, -0.2) is 0 Å². The monoisotopic (exact) mass is 468 g/mol. The maximum absolute atomic E-state index is 13.4. The largest absolute Gasteiger partial charge is 0.306 e. The Kier molecular flexibility index (Phi) is 5.55. The van der Waals surface area contributed by atoms with E-state index < -0.39 is 0 Å². The molecule has 4 heteroatoms. The van der Waals surface area contributed by atoms with Gasteiger partial charge in [0, 0.05) is 35.3 Å². The van der Waals surface area contributed by atoms with Gasteiger partial charge in [-0.2, -0.15) is 0 Å². The molecule has 0 unspecified atom stereocenters. The Morgan fingerprint density at radius 2 is 0.778 bits per heavy atom. The number of fused-ring (bicyclic) bond motifs is 2. The van der Waals surface area contributed by atoms with Gasteiger partial charge in [0.2, 0.25) is 0 Å². The Morgan fingerprint density at radius 3 is 1.17 bits per heavy atom. The molecule has 2 aliphatic rings. The molecular formula is C32H24N2O2. The lowest BCUT2D eigenvalue weighted by molar-refractivity contribution is 0.0792. The molecule has 4 aromatic carbocycles. The summed E-state index contributed by atoms with van der Waals surface area (Å²) >= 11 is 0. The summed E-state index contributed by atoms with van der Waals surface area (Å²) in [5.41, 5.74) is 6.99. The van der Waals surface area contributed by atoms with Gasteiger partial charge in [-0.1, -0.05) is 97.1 Å². The van der Waals surface area contributed by atoms with Crippen molar-refractivity contribution < 1.29 is 9.59 Å². The van der Waals surface area contributed by atoms with Crippen LogP contribution in [0.3, 0.4) is 0 Å². The van der Waals surface area contributed by atoms with Gasteiger partial charge in [-0.3, -0.25) is 9.59 Å². The number of benzene rings is 4. The number of amides is 2. The second-order valence-electron chi connectivity index (χ2n) is 8.89. The van der Waals surface area contributed by atoms with Crippen LogP contribution < -0.4 is 0 Å². The highest BCUT2D eigenvalue weighted by molar-refractivity contribution is 6.13. The van der Waals surface area contributed by atoms with E-state index in [1.54, 1.807) is 9.80 Å². The van der Waals surface area contributed by atoms with Crippen molar-refractivity contribution in [3.63, 3.8) is 0 Å². The quantitative estimate of drug-likeness (QED) is 0.345. The fraction of sp³-hybridized carbons (Fsp3) is 0.0625. The molecule has 174 valence electrons. The standard InChI is InChI=1S/C32H24N2O2/c35-31-27-17-9-7-15-25(27)29(21-23-11-3-1-4-12-23)33(31)19-20-34-30(22-24-13-5-2-6-14-24)26-16-8-10-18-28(26)32(34)36/h1-18,21-22H,19-20H2/b29-21+,30-22+. The zero-order chi connectivity index (χ0) is 24.5. The molecule has 0 aromatic heterocycles. The van der Waals surface area contributed by atoms with Crippen LogP contribution in [0.15, 0.2) is 109 Å². The van der Waals surface area contributed by atoms with Gasteiger partial charge in [-0.15, -0.1) is 0 Å². The van der Waals surface area contributed by atoms with Crippen LogP contribution in [0, 0.1) is 0 Å². The molecule has 0 radical (unpaired) electrons. The van der Waals surface area contributed by atoms with Gasteiger partial charge in [0.1, 0.15) is 0 Å². The normalized spacial score (nSPS) is 16.7. The third kappa shape index (κ3) is 3.83. The highest BCUT2D eigenvalue weighted by Gasteiger charge is 2.35. The van der Waals surface area contributed by atoms with E-state index in [4.69, 9.17) is 0 Å². The number of carbonyl (C=O) groups excluding carboxylic acids is 2. The Labute approximate surface area is 210 Å². The van der Waals surface area contributed by atoms with Crippen molar-refractivity contribution in [3.05, 3.63) is 143 Å². The summed E-state index contributed by atoms with van der Waals surface area (Å²) in [4.78, 5) is 30.5. The molecule has 0 atom stereocenters. The van der Waals surface area contributed by atoms with Crippen molar-refractivity contribution in [3.8, 4) is 0 Å². The van der Waals surface area contributed by atoms with Crippen LogP contribution in [-0.4, -0.2) is 34.7 Å². The first-order valence-electron chi connectivity index (χ1n) is 12.1. The predicted octanol–water partition coefficient (Wildman–Crippen LogP) is 6.29. The molecule has 0 fully saturated rings. The third-order valence-corrected chi connectivity index (χ3v) is 6.69. The molecule has 4 nitrogen and oxygen atoms in total. The van der Waals surface area contributed by atoms with Crippen LogP contribution in [0.2, 0.25) is 0 Å². The minimum Gasteiger partial charge on any atom is -0.306 e. The first kappa shape index (κ1) is 21.8. The lowest BCUT2D eigenvalue weighted by Crippen LogP contribution is -2.34. The molecule has 0 N–H and O–H groups in total. The molecule has 0 aliphatic carbocycles. The van der Waals surface area contributed by atoms with Crippen molar-refractivity contribution >= 4 is 35.4 Å². The van der Waals surface area contributed by atoms with Gasteiger partial charge < -0.3 is 9.80 Å². The lowest BCUT2D eigenvalue weighted by atomic mass is 10.1. The molecule has 4 aromatic rings. The molecule has 2 amide bonds. The molecule has 0 spiro atoms. The second kappa shape index (κ2) is 9.16. The second-order valence-corrected chi connectivity index (χ2v) is 8.89. The van der Waals surface area contributed by atoms with Crippen molar-refractivity contribution in [2.24, 2.45) is 0 Å². The lowest BCUT2D eigenvalue weighted by Gasteiger charge is -2.24. The van der Waals surface area contributed by atoms with Crippen LogP contribution in [0.5, 0.6) is 0 Å². The van der Waals surface area contributed by atoms with E-state index in [2.05, 4.69) is 0 Å². The molecule has 6 rings (SSSR count). The minimum absolute atomic E-state index is 0.0365. The maximum Gasteiger partial charge on any atom is 0.259 e. The van der Waals surface area contributed by atoms with E-state index in [-0.39, 0.29) is 11.8 Å². The van der Waals surface area contributed by atoms with E-state index in [0.29, 0.717) is 24.2 Å². The predicted molar refractivity (Wildman–Crippen MR) is 144 cm³/mol. The molecule has 0 saturated heterocycles. The van der Waals surface area contributed by atoms with Gasteiger partial charge in [-0.05, 0) is 35.4 Å². The summed E-state index contributed by atoms with van der Waals surface area (Å²) in [6, 6.07) is 35.4.